The molecule has 2 heterocycles. The van der Waals surface area contributed by atoms with E-state index in [1.165, 1.54) is 64.2 Å². The van der Waals surface area contributed by atoms with E-state index in [-0.39, 0.29) is 5.60 Å². The van der Waals surface area contributed by atoms with Gasteiger partial charge < -0.3 is 34.3 Å². The predicted octanol–water partition coefficient (Wildman–Crippen LogP) is 8.99. The molecule has 10 nitrogen and oxygen atoms in total. The van der Waals surface area contributed by atoms with Crippen LogP contribution in [0.15, 0.2) is 23.7 Å². The number of carbonyl (C=O) groups excluding carboxylic acids is 3. The van der Waals surface area contributed by atoms with Crippen molar-refractivity contribution in [2.45, 2.75) is 170 Å². The summed E-state index contributed by atoms with van der Waals surface area (Å²) in [5, 5.41) is 28.8. The van der Waals surface area contributed by atoms with Crippen LogP contribution in [0.1, 0.15) is 147 Å². The summed E-state index contributed by atoms with van der Waals surface area (Å²) in [6.45, 7) is 19.0. The van der Waals surface area contributed by atoms with Gasteiger partial charge in [-0.15, -0.1) is 0 Å². The van der Waals surface area contributed by atoms with Gasteiger partial charge in [-0.1, -0.05) is 98.8 Å². The lowest BCUT2D eigenvalue weighted by Gasteiger charge is -2.38. The van der Waals surface area contributed by atoms with Crippen LogP contribution in [0.5, 0.6) is 11.5 Å². The van der Waals surface area contributed by atoms with Gasteiger partial charge in [0, 0.05) is 17.7 Å². The minimum absolute atomic E-state index is 0.274. The molecule has 0 saturated carbocycles. The van der Waals surface area contributed by atoms with Crippen LogP contribution in [0.2, 0.25) is 0 Å². The molecule has 0 aromatic heterocycles. The Morgan fingerprint density at radius 1 is 0.815 bits per heavy atom. The van der Waals surface area contributed by atoms with Gasteiger partial charge in [0.05, 0.1) is 6.61 Å². The fourth-order valence-corrected chi connectivity index (χ4v) is 7.69. The number of hydrogen-bond donors (Lipinski definition) is 3. The number of fused-ring (bicyclic) bond motifs is 1. The first-order valence-corrected chi connectivity index (χ1v) is 20.3. The van der Waals surface area contributed by atoms with Gasteiger partial charge in [-0.05, 0) is 93.7 Å². The molecule has 0 unspecified atom stereocenters. The Morgan fingerprint density at radius 2 is 1.33 bits per heavy atom. The molecule has 2 aliphatic heterocycles. The lowest BCUT2D eigenvalue weighted by molar-refractivity contribution is -0.151. The van der Waals surface area contributed by atoms with Crippen molar-refractivity contribution in [3.8, 4) is 11.5 Å². The number of carbonyl (C=O) groups is 3. The molecule has 54 heavy (non-hydrogen) atoms. The number of ether oxygens (including phenoxy) is 4. The van der Waals surface area contributed by atoms with Crippen LogP contribution in [-0.2, 0) is 30.3 Å². The molecule has 6 atom stereocenters. The Balaban J connectivity index is 1.45. The van der Waals surface area contributed by atoms with Gasteiger partial charge >= 0.3 is 17.9 Å². The molecule has 3 N–H and O–H groups in total. The monoisotopic (exact) mass is 756 g/mol. The van der Waals surface area contributed by atoms with Crippen LogP contribution in [0, 0.1) is 44.4 Å². The highest BCUT2D eigenvalue weighted by molar-refractivity contribution is 5.97. The molecule has 0 radical (unpaired) electrons. The van der Waals surface area contributed by atoms with Crippen LogP contribution in [0.25, 0.3) is 0 Å². The summed E-state index contributed by atoms with van der Waals surface area (Å²) in [6.07, 6.45) is 15.5. The Labute approximate surface area is 323 Å². The van der Waals surface area contributed by atoms with Gasteiger partial charge in [-0.3, -0.25) is 0 Å². The number of rotatable bonds is 22. The number of aliphatic hydroxyl groups excluding tert-OH is 3. The fraction of sp³-hybridized carbons (Fsp3) is 0.705. The molecule has 304 valence electrons. The first-order chi connectivity index (χ1) is 25.5. The van der Waals surface area contributed by atoms with E-state index >= 15 is 0 Å². The second-order valence-electron chi connectivity index (χ2n) is 16.9. The largest absolute Gasteiger partial charge is 0.505 e. The molecule has 2 aliphatic rings. The molecule has 0 bridgehead atoms. The number of hydrogen-bond acceptors (Lipinski definition) is 10. The van der Waals surface area contributed by atoms with Crippen LogP contribution in [0.3, 0.4) is 0 Å². The number of cyclic esters (lactones) is 1. The van der Waals surface area contributed by atoms with E-state index in [1.54, 1.807) is 0 Å². The van der Waals surface area contributed by atoms with Crippen molar-refractivity contribution in [1.82, 2.24) is 0 Å². The Kier molecular flexibility index (Phi) is 17.6. The summed E-state index contributed by atoms with van der Waals surface area (Å²) in [5.41, 5.74) is 3.19. The van der Waals surface area contributed by atoms with Gasteiger partial charge in [0.2, 0.25) is 0 Å². The minimum Gasteiger partial charge on any atom is -0.505 e. The maximum Gasteiger partial charge on any atom is 0.378 e. The van der Waals surface area contributed by atoms with Crippen LogP contribution < -0.4 is 9.47 Å². The molecule has 3 rings (SSSR count). The van der Waals surface area contributed by atoms with E-state index in [2.05, 4.69) is 41.5 Å². The fourth-order valence-electron chi connectivity index (χ4n) is 7.69. The normalized spacial score (nSPS) is 20.7. The van der Waals surface area contributed by atoms with Crippen LogP contribution >= 0.6 is 0 Å². The molecule has 0 saturated heterocycles. The molecule has 0 amide bonds. The molecular weight excluding hydrogens is 688 g/mol. The molecule has 1 aromatic rings. The number of aliphatic hydroxyl groups is 3. The van der Waals surface area contributed by atoms with E-state index in [4.69, 9.17) is 24.1 Å². The average Bonchev–Trinajstić information content (AvgIpc) is 3.39. The second-order valence-corrected chi connectivity index (χ2v) is 16.9. The minimum atomic E-state index is -1.60. The Bertz CT molecular complexity index is 1490. The van der Waals surface area contributed by atoms with Crippen molar-refractivity contribution in [2.75, 3.05) is 6.61 Å². The van der Waals surface area contributed by atoms with E-state index in [9.17, 15) is 24.6 Å². The third kappa shape index (κ3) is 13.1. The summed E-state index contributed by atoms with van der Waals surface area (Å²) in [6, 6.07) is 0. The van der Waals surface area contributed by atoms with E-state index in [0.29, 0.717) is 11.7 Å². The van der Waals surface area contributed by atoms with Gasteiger partial charge in [-0.25, -0.2) is 14.4 Å². The maximum absolute atomic E-state index is 12.8. The summed E-state index contributed by atoms with van der Waals surface area (Å²) in [5.74, 6) is -0.401. The summed E-state index contributed by atoms with van der Waals surface area (Å²) in [4.78, 5) is 37.0. The van der Waals surface area contributed by atoms with Crippen molar-refractivity contribution < 1.29 is 48.7 Å². The quantitative estimate of drug-likeness (QED) is 0.0595. The highest BCUT2D eigenvalue weighted by atomic mass is 16.6. The second kappa shape index (κ2) is 21.1. The molecule has 10 heteroatoms. The van der Waals surface area contributed by atoms with Crippen molar-refractivity contribution in [3.63, 3.8) is 0 Å². The van der Waals surface area contributed by atoms with Crippen LogP contribution in [-0.4, -0.2) is 57.6 Å². The number of benzene rings is 1. The number of esters is 3. The molecule has 1 aromatic carbocycles. The van der Waals surface area contributed by atoms with Crippen molar-refractivity contribution in [3.05, 3.63) is 45.9 Å². The van der Waals surface area contributed by atoms with Crippen molar-refractivity contribution >= 4 is 17.9 Å². The molecule has 0 fully saturated rings. The van der Waals surface area contributed by atoms with E-state index in [0.717, 1.165) is 83.6 Å². The Morgan fingerprint density at radius 3 is 1.87 bits per heavy atom. The van der Waals surface area contributed by atoms with E-state index in [1.807, 2.05) is 20.8 Å². The maximum atomic E-state index is 12.8. The lowest BCUT2D eigenvalue weighted by atomic mass is 9.83. The van der Waals surface area contributed by atoms with Crippen molar-refractivity contribution in [2.24, 2.45) is 23.7 Å². The molecular formula is C44H68O10. The zero-order valence-corrected chi connectivity index (χ0v) is 34.4. The Hall–Kier alpha value is -3.37. The highest BCUT2D eigenvalue weighted by Crippen LogP contribution is 2.45. The third-order valence-electron chi connectivity index (χ3n) is 11.5. The van der Waals surface area contributed by atoms with Gasteiger partial charge in [0.25, 0.3) is 5.76 Å². The standard InChI is InChI=1S/C44H68O10/c1-27(2)14-10-15-28(3)16-11-17-29(4)18-12-19-30(5)20-13-24-44(9)25-23-34-33(8)39(31(6)32(7)40(34)54-44)51-36(47)21-22-37(48)52-42-38(49)41(35(46)26-45)53-43(42)50/h21-22,27-30,35,41,45-46,49H,10-20,23-26H2,1-9H3/b22-21+/t28-,29-,30-,35+,41-,44-/m1/s1. The van der Waals surface area contributed by atoms with Gasteiger partial charge in [0.15, 0.2) is 11.9 Å². The SMILES string of the molecule is Cc1c(C)c2c(c(C)c1OC(=O)/C=C/C(=O)OC1=C(O)[C@@H]([C@@H](O)CO)OC1=O)CC[C@@](C)(CCC[C@H](C)CCC[C@H](C)CCC[C@H](C)CCCC(C)C)O2. The van der Waals surface area contributed by atoms with E-state index < -0.39 is 48.2 Å². The predicted molar refractivity (Wildman–Crippen MR) is 209 cm³/mol. The molecule has 0 aliphatic carbocycles. The zero-order valence-electron chi connectivity index (χ0n) is 34.4. The van der Waals surface area contributed by atoms with Crippen LogP contribution in [0.4, 0.5) is 0 Å². The lowest BCUT2D eigenvalue weighted by Crippen LogP contribution is -2.37. The van der Waals surface area contributed by atoms with Gasteiger partial charge in [-0.2, -0.15) is 0 Å². The smallest absolute Gasteiger partial charge is 0.378 e. The first kappa shape index (κ1) is 45.0. The van der Waals surface area contributed by atoms with Gasteiger partial charge in [0.1, 0.15) is 23.2 Å². The molecule has 0 spiro atoms. The summed E-state index contributed by atoms with van der Waals surface area (Å²) >= 11 is 0. The summed E-state index contributed by atoms with van der Waals surface area (Å²) in [7, 11) is 0. The van der Waals surface area contributed by atoms with Crippen molar-refractivity contribution in [1.29, 1.82) is 0 Å². The zero-order chi connectivity index (χ0) is 40.2. The average molecular weight is 757 g/mol. The topological polar surface area (TPSA) is 149 Å². The first-order valence-electron chi connectivity index (χ1n) is 20.3. The summed E-state index contributed by atoms with van der Waals surface area (Å²) < 4.78 is 22.0. The third-order valence-corrected chi connectivity index (χ3v) is 11.5. The highest BCUT2D eigenvalue weighted by Gasteiger charge is 2.41.